The second-order valence-electron chi connectivity index (χ2n) is 4.24. The standard InChI is InChI=1S/C15H12ClNO3S/c16-13-6-4-12(21-13)5-7-14(18)17-11-3-1-2-10(8-11)9-15(19)20/h1-8H,9H2,(H,17,18)(H,19,20). The summed E-state index contributed by atoms with van der Waals surface area (Å²) in [6.45, 7) is 0. The van der Waals surface area contributed by atoms with Gasteiger partial charge < -0.3 is 10.4 Å². The van der Waals surface area contributed by atoms with Crippen LogP contribution in [0.1, 0.15) is 10.4 Å². The fourth-order valence-corrected chi connectivity index (χ4v) is 2.66. The van der Waals surface area contributed by atoms with Gasteiger partial charge in [0, 0.05) is 16.6 Å². The van der Waals surface area contributed by atoms with E-state index in [1.54, 1.807) is 36.4 Å². The molecule has 0 atom stereocenters. The molecule has 1 aromatic heterocycles. The summed E-state index contributed by atoms with van der Waals surface area (Å²) in [6, 6.07) is 10.3. The number of carbonyl (C=O) groups is 2. The lowest BCUT2D eigenvalue weighted by atomic mass is 10.1. The van der Waals surface area contributed by atoms with E-state index in [1.165, 1.54) is 17.4 Å². The summed E-state index contributed by atoms with van der Waals surface area (Å²) >= 11 is 7.18. The molecule has 21 heavy (non-hydrogen) atoms. The third-order valence-electron chi connectivity index (χ3n) is 2.54. The summed E-state index contributed by atoms with van der Waals surface area (Å²) in [6.07, 6.45) is 3.01. The Morgan fingerprint density at radius 2 is 2.10 bits per heavy atom. The van der Waals surface area contributed by atoms with Crippen LogP contribution in [-0.4, -0.2) is 17.0 Å². The zero-order valence-electron chi connectivity index (χ0n) is 10.9. The van der Waals surface area contributed by atoms with Crippen LogP contribution in [0.5, 0.6) is 0 Å². The molecule has 6 heteroatoms. The summed E-state index contributed by atoms with van der Waals surface area (Å²) in [7, 11) is 0. The first-order valence-electron chi connectivity index (χ1n) is 6.08. The number of aliphatic carboxylic acids is 1. The smallest absolute Gasteiger partial charge is 0.307 e. The Labute approximate surface area is 130 Å². The van der Waals surface area contributed by atoms with Crippen LogP contribution in [0, 0.1) is 0 Å². The number of carbonyl (C=O) groups excluding carboxylic acids is 1. The van der Waals surface area contributed by atoms with Crippen LogP contribution in [0.2, 0.25) is 4.34 Å². The van der Waals surface area contributed by atoms with Gasteiger partial charge in [-0.15, -0.1) is 11.3 Å². The summed E-state index contributed by atoms with van der Waals surface area (Å²) in [5.41, 5.74) is 1.20. The second kappa shape index (κ2) is 7.06. The minimum atomic E-state index is -0.909. The quantitative estimate of drug-likeness (QED) is 0.825. The molecule has 2 rings (SSSR count). The molecule has 2 aromatic rings. The van der Waals surface area contributed by atoms with Crippen LogP contribution < -0.4 is 5.32 Å². The van der Waals surface area contributed by atoms with Crippen molar-refractivity contribution < 1.29 is 14.7 Å². The van der Waals surface area contributed by atoms with Crippen molar-refractivity contribution in [1.29, 1.82) is 0 Å². The minimum absolute atomic E-state index is 0.0761. The molecule has 0 unspecified atom stereocenters. The van der Waals surface area contributed by atoms with E-state index in [1.807, 2.05) is 6.07 Å². The molecule has 0 fully saturated rings. The van der Waals surface area contributed by atoms with Gasteiger partial charge in [0.25, 0.3) is 0 Å². The van der Waals surface area contributed by atoms with Gasteiger partial charge in [0.2, 0.25) is 5.91 Å². The highest BCUT2D eigenvalue weighted by Crippen LogP contribution is 2.22. The van der Waals surface area contributed by atoms with Gasteiger partial charge in [0.15, 0.2) is 0 Å². The molecule has 108 valence electrons. The van der Waals surface area contributed by atoms with Gasteiger partial charge in [-0.2, -0.15) is 0 Å². The number of carboxylic acids is 1. The van der Waals surface area contributed by atoms with Crippen LogP contribution in [0.25, 0.3) is 6.08 Å². The Kier molecular flexibility index (Phi) is 5.14. The predicted molar refractivity (Wildman–Crippen MR) is 84.8 cm³/mol. The van der Waals surface area contributed by atoms with Gasteiger partial charge in [0.05, 0.1) is 10.8 Å². The van der Waals surface area contributed by atoms with E-state index in [0.717, 1.165) is 4.88 Å². The van der Waals surface area contributed by atoms with Crippen molar-refractivity contribution in [3.8, 4) is 0 Å². The molecule has 2 N–H and O–H groups in total. The van der Waals surface area contributed by atoms with Crippen LogP contribution in [0.3, 0.4) is 0 Å². The van der Waals surface area contributed by atoms with Crippen molar-refractivity contribution in [3.05, 3.63) is 57.3 Å². The van der Waals surface area contributed by atoms with Gasteiger partial charge in [-0.05, 0) is 35.9 Å². The van der Waals surface area contributed by atoms with Crippen LogP contribution >= 0.6 is 22.9 Å². The molecule has 4 nitrogen and oxygen atoms in total. The minimum Gasteiger partial charge on any atom is -0.481 e. The third-order valence-corrected chi connectivity index (χ3v) is 3.74. The molecule has 0 spiro atoms. The van der Waals surface area contributed by atoms with Gasteiger partial charge in [-0.3, -0.25) is 9.59 Å². The van der Waals surface area contributed by atoms with Gasteiger partial charge in [-0.25, -0.2) is 0 Å². The van der Waals surface area contributed by atoms with Crippen molar-refractivity contribution in [2.45, 2.75) is 6.42 Å². The van der Waals surface area contributed by atoms with E-state index in [9.17, 15) is 9.59 Å². The first-order chi connectivity index (χ1) is 10.0. The molecule has 0 saturated heterocycles. The maximum absolute atomic E-state index is 11.8. The fraction of sp³-hybridized carbons (Fsp3) is 0.0667. The molecule has 0 bridgehead atoms. The Morgan fingerprint density at radius 3 is 2.76 bits per heavy atom. The summed E-state index contributed by atoms with van der Waals surface area (Å²) in [4.78, 5) is 23.3. The Bertz CT molecular complexity index is 694. The molecule has 0 radical (unpaired) electrons. The van der Waals surface area contributed by atoms with Crippen molar-refractivity contribution in [2.75, 3.05) is 5.32 Å². The maximum Gasteiger partial charge on any atom is 0.307 e. The molecule has 1 amide bonds. The van der Waals surface area contributed by atoms with E-state index in [2.05, 4.69) is 5.32 Å². The summed E-state index contributed by atoms with van der Waals surface area (Å²) in [5.74, 6) is -1.19. The van der Waals surface area contributed by atoms with Crippen LogP contribution in [0.15, 0.2) is 42.5 Å². The number of carboxylic acid groups (broad SMARTS) is 1. The van der Waals surface area contributed by atoms with Crippen molar-refractivity contribution in [1.82, 2.24) is 0 Å². The Hall–Kier alpha value is -2.11. The lowest BCUT2D eigenvalue weighted by Gasteiger charge is -2.04. The molecule has 0 saturated carbocycles. The first kappa shape index (κ1) is 15.3. The van der Waals surface area contributed by atoms with Gasteiger partial charge >= 0.3 is 5.97 Å². The zero-order valence-corrected chi connectivity index (χ0v) is 12.4. The number of rotatable bonds is 5. The molecule has 0 aliphatic heterocycles. The zero-order chi connectivity index (χ0) is 15.2. The molecule has 0 aliphatic carbocycles. The summed E-state index contributed by atoms with van der Waals surface area (Å²) in [5, 5.41) is 11.4. The van der Waals surface area contributed by atoms with Gasteiger partial charge in [-0.1, -0.05) is 23.7 Å². The van der Waals surface area contributed by atoms with Crippen molar-refractivity contribution in [3.63, 3.8) is 0 Å². The van der Waals surface area contributed by atoms with E-state index < -0.39 is 5.97 Å². The number of halogens is 1. The average Bonchev–Trinajstić information content (AvgIpc) is 2.82. The van der Waals surface area contributed by atoms with E-state index in [-0.39, 0.29) is 12.3 Å². The van der Waals surface area contributed by atoms with Crippen molar-refractivity contribution in [2.24, 2.45) is 0 Å². The van der Waals surface area contributed by atoms with Gasteiger partial charge in [0.1, 0.15) is 0 Å². The lowest BCUT2D eigenvalue weighted by molar-refractivity contribution is -0.136. The monoisotopic (exact) mass is 321 g/mol. The second-order valence-corrected chi connectivity index (χ2v) is 5.98. The number of nitrogens with one attached hydrogen (secondary N) is 1. The number of hydrogen-bond acceptors (Lipinski definition) is 3. The first-order valence-corrected chi connectivity index (χ1v) is 7.27. The number of benzene rings is 1. The molecule has 1 heterocycles. The third kappa shape index (κ3) is 5.06. The average molecular weight is 322 g/mol. The highest BCUT2D eigenvalue weighted by Gasteiger charge is 2.03. The molecular weight excluding hydrogens is 310 g/mol. The SMILES string of the molecule is O=C(O)Cc1cccc(NC(=O)C=Cc2ccc(Cl)s2)c1. The Morgan fingerprint density at radius 1 is 1.29 bits per heavy atom. The fourth-order valence-electron chi connectivity index (χ4n) is 1.69. The Balaban J connectivity index is 1.99. The largest absolute Gasteiger partial charge is 0.481 e. The predicted octanol–water partition coefficient (Wildman–Crippen LogP) is 3.68. The van der Waals surface area contributed by atoms with Crippen LogP contribution in [0.4, 0.5) is 5.69 Å². The molecular formula is C15H12ClNO3S. The lowest BCUT2D eigenvalue weighted by Crippen LogP contribution is -2.08. The highest BCUT2D eigenvalue weighted by atomic mass is 35.5. The van der Waals surface area contributed by atoms with Crippen molar-refractivity contribution >= 4 is 46.6 Å². The number of thiophene rings is 1. The molecule has 1 aromatic carbocycles. The maximum atomic E-state index is 11.8. The summed E-state index contributed by atoms with van der Waals surface area (Å²) < 4.78 is 0.663. The highest BCUT2D eigenvalue weighted by molar-refractivity contribution is 7.17. The van der Waals surface area contributed by atoms with E-state index in [0.29, 0.717) is 15.6 Å². The van der Waals surface area contributed by atoms with Crippen LogP contribution in [-0.2, 0) is 16.0 Å². The normalized spacial score (nSPS) is 10.7. The van der Waals surface area contributed by atoms with E-state index in [4.69, 9.17) is 16.7 Å². The number of anilines is 1. The van der Waals surface area contributed by atoms with E-state index >= 15 is 0 Å². The number of amides is 1. The number of hydrogen-bond donors (Lipinski definition) is 2. The topological polar surface area (TPSA) is 66.4 Å². The molecule has 0 aliphatic rings.